The maximum Gasteiger partial charge on any atom is 0.224 e. The van der Waals surface area contributed by atoms with Gasteiger partial charge in [0.25, 0.3) is 0 Å². The van der Waals surface area contributed by atoms with Crippen LogP contribution >= 0.6 is 28.3 Å². The minimum atomic E-state index is -0.0139. The summed E-state index contributed by atoms with van der Waals surface area (Å²) in [4.78, 5) is 12.2. The number of hydrogen-bond acceptors (Lipinski definition) is 3. The van der Waals surface area contributed by atoms with E-state index in [0.717, 1.165) is 34.4 Å². The number of benzene rings is 2. The van der Waals surface area contributed by atoms with E-state index in [9.17, 15) is 4.79 Å². The standard InChI is InChI=1S/C18H19BrN2O2.ClH/c1-23-17-5-4-16(19)7-14(17)8-18(22)21-9-12-2-3-13-10-20-11-15(13)6-12;/h2-7,20H,8-11H2,1H3,(H,21,22);1H. The molecule has 24 heavy (non-hydrogen) atoms. The van der Waals surface area contributed by atoms with Crippen LogP contribution in [0.25, 0.3) is 0 Å². The molecule has 1 aliphatic rings. The highest BCUT2D eigenvalue weighted by Gasteiger charge is 2.12. The van der Waals surface area contributed by atoms with Crippen LogP contribution in [-0.4, -0.2) is 13.0 Å². The van der Waals surface area contributed by atoms with Gasteiger partial charge in [-0.3, -0.25) is 4.79 Å². The highest BCUT2D eigenvalue weighted by Crippen LogP contribution is 2.23. The lowest BCUT2D eigenvalue weighted by Gasteiger charge is -2.10. The Kier molecular flexibility index (Phi) is 6.66. The minimum Gasteiger partial charge on any atom is -0.496 e. The number of nitrogens with one attached hydrogen (secondary N) is 2. The first-order chi connectivity index (χ1) is 11.2. The van der Waals surface area contributed by atoms with Gasteiger partial charge in [0.1, 0.15) is 5.75 Å². The second kappa shape index (κ2) is 8.51. The third-order valence-electron chi connectivity index (χ3n) is 3.98. The molecule has 1 aliphatic heterocycles. The second-order valence-electron chi connectivity index (χ2n) is 5.62. The van der Waals surface area contributed by atoms with Crippen LogP contribution in [0.3, 0.4) is 0 Å². The Labute approximate surface area is 156 Å². The van der Waals surface area contributed by atoms with E-state index in [2.05, 4.69) is 44.8 Å². The predicted molar refractivity (Wildman–Crippen MR) is 100 cm³/mol. The average molecular weight is 412 g/mol. The molecule has 0 radical (unpaired) electrons. The molecule has 6 heteroatoms. The SMILES string of the molecule is COc1ccc(Br)cc1CC(=O)NCc1ccc2c(c1)CNC2.Cl. The first-order valence-corrected chi connectivity index (χ1v) is 8.35. The number of hydrogen-bond donors (Lipinski definition) is 2. The summed E-state index contributed by atoms with van der Waals surface area (Å²) in [6.07, 6.45) is 0.301. The number of ether oxygens (including phenoxy) is 1. The topological polar surface area (TPSA) is 50.4 Å². The monoisotopic (exact) mass is 410 g/mol. The molecule has 0 aliphatic carbocycles. The van der Waals surface area contributed by atoms with E-state index in [0.29, 0.717) is 13.0 Å². The van der Waals surface area contributed by atoms with Gasteiger partial charge in [-0.2, -0.15) is 0 Å². The van der Waals surface area contributed by atoms with Gasteiger partial charge < -0.3 is 15.4 Å². The van der Waals surface area contributed by atoms with Crippen molar-refractivity contribution in [3.63, 3.8) is 0 Å². The van der Waals surface area contributed by atoms with Crippen molar-refractivity contribution in [2.75, 3.05) is 7.11 Å². The zero-order valence-electron chi connectivity index (χ0n) is 13.4. The van der Waals surface area contributed by atoms with Crippen LogP contribution in [0.5, 0.6) is 5.75 Å². The van der Waals surface area contributed by atoms with Crippen LogP contribution in [0.1, 0.15) is 22.3 Å². The molecule has 0 unspecified atom stereocenters. The van der Waals surface area contributed by atoms with E-state index in [1.54, 1.807) is 7.11 Å². The molecular formula is C18H20BrClN2O2. The van der Waals surface area contributed by atoms with Crippen molar-refractivity contribution in [2.45, 2.75) is 26.1 Å². The number of carbonyl (C=O) groups is 1. The Morgan fingerprint density at radius 3 is 2.79 bits per heavy atom. The van der Waals surface area contributed by atoms with Crippen molar-refractivity contribution in [1.82, 2.24) is 10.6 Å². The number of methoxy groups -OCH3 is 1. The number of halogens is 2. The van der Waals surface area contributed by atoms with Crippen molar-refractivity contribution in [2.24, 2.45) is 0 Å². The zero-order chi connectivity index (χ0) is 16.2. The van der Waals surface area contributed by atoms with Gasteiger partial charge in [0.05, 0.1) is 13.5 Å². The Morgan fingerprint density at radius 2 is 2.00 bits per heavy atom. The van der Waals surface area contributed by atoms with Crippen LogP contribution in [-0.2, 0) is 30.8 Å². The number of rotatable bonds is 5. The van der Waals surface area contributed by atoms with Gasteiger partial charge in [-0.05, 0) is 34.9 Å². The van der Waals surface area contributed by atoms with E-state index in [4.69, 9.17) is 4.74 Å². The Morgan fingerprint density at radius 1 is 1.21 bits per heavy atom. The highest BCUT2D eigenvalue weighted by atomic mass is 79.9. The molecule has 128 valence electrons. The molecular weight excluding hydrogens is 392 g/mol. The summed E-state index contributed by atoms with van der Waals surface area (Å²) < 4.78 is 6.24. The zero-order valence-corrected chi connectivity index (χ0v) is 15.8. The molecule has 0 bridgehead atoms. The van der Waals surface area contributed by atoms with E-state index in [1.807, 2.05) is 18.2 Å². The maximum atomic E-state index is 12.2. The molecule has 4 nitrogen and oxygen atoms in total. The predicted octanol–water partition coefficient (Wildman–Crippen LogP) is 3.34. The molecule has 2 aromatic carbocycles. The van der Waals surface area contributed by atoms with E-state index < -0.39 is 0 Å². The summed E-state index contributed by atoms with van der Waals surface area (Å²) in [6, 6.07) is 12.0. The quantitative estimate of drug-likeness (QED) is 0.793. The summed E-state index contributed by atoms with van der Waals surface area (Å²) in [6.45, 7) is 2.39. The van der Waals surface area contributed by atoms with Gasteiger partial charge in [0.15, 0.2) is 0 Å². The fourth-order valence-corrected chi connectivity index (χ4v) is 3.19. The van der Waals surface area contributed by atoms with E-state index in [-0.39, 0.29) is 18.3 Å². The van der Waals surface area contributed by atoms with Crippen molar-refractivity contribution >= 4 is 34.2 Å². The van der Waals surface area contributed by atoms with Gasteiger partial charge in [0.2, 0.25) is 5.91 Å². The second-order valence-corrected chi connectivity index (χ2v) is 6.53. The summed E-state index contributed by atoms with van der Waals surface area (Å²) in [5.41, 5.74) is 4.67. The Bertz CT molecular complexity index is 737. The summed E-state index contributed by atoms with van der Waals surface area (Å²) in [7, 11) is 1.61. The molecule has 0 aromatic heterocycles. The van der Waals surface area contributed by atoms with Gasteiger partial charge >= 0.3 is 0 Å². The molecule has 2 aromatic rings. The van der Waals surface area contributed by atoms with Crippen LogP contribution in [0.4, 0.5) is 0 Å². The van der Waals surface area contributed by atoms with Crippen LogP contribution in [0.2, 0.25) is 0 Å². The summed E-state index contributed by atoms with van der Waals surface area (Å²) in [5, 5.41) is 6.30. The van der Waals surface area contributed by atoms with E-state index in [1.165, 1.54) is 11.1 Å². The molecule has 0 saturated carbocycles. The third kappa shape index (κ3) is 4.50. The van der Waals surface area contributed by atoms with Crippen molar-refractivity contribution in [3.05, 3.63) is 63.1 Å². The fourth-order valence-electron chi connectivity index (χ4n) is 2.78. The number of amides is 1. The summed E-state index contributed by atoms with van der Waals surface area (Å²) >= 11 is 3.43. The summed E-state index contributed by atoms with van der Waals surface area (Å²) in [5.74, 6) is 0.715. The molecule has 3 rings (SSSR count). The van der Waals surface area contributed by atoms with E-state index >= 15 is 0 Å². The van der Waals surface area contributed by atoms with Crippen LogP contribution in [0, 0.1) is 0 Å². The smallest absolute Gasteiger partial charge is 0.224 e. The highest BCUT2D eigenvalue weighted by molar-refractivity contribution is 9.10. The third-order valence-corrected chi connectivity index (χ3v) is 4.48. The Hall–Kier alpha value is -1.56. The van der Waals surface area contributed by atoms with Gasteiger partial charge in [-0.15, -0.1) is 12.4 Å². The van der Waals surface area contributed by atoms with Crippen molar-refractivity contribution in [1.29, 1.82) is 0 Å². The largest absolute Gasteiger partial charge is 0.496 e. The van der Waals surface area contributed by atoms with Crippen LogP contribution in [0.15, 0.2) is 40.9 Å². The molecule has 0 saturated heterocycles. The van der Waals surface area contributed by atoms with Gasteiger partial charge in [-0.1, -0.05) is 34.1 Å². The molecule has 2 N–H and O–H groups in total. The maximum absolute atomic E-state index is 12.2. The lowest BCUT2D eigenvalue weighted by molar-refractivity contribution is -0.120. The van der Waals surface area contributed by atoms with Crippen LogP contribution < -0.4 is 15.4 Å². The lowest BCUT2D eigenvalue weighted by atomic mass is 10.1. The van der Waals surface area contributed by atoms with Gasteiger partial charge in [-0.25, -0.2) is 0 Å². The lowest BCUT2D eigenvalue weighted by Crippen LogP contribution is -2.24. The first-order valence-electron chi connectivity index (χ1n) is 7.56. The number of fused-ring (bicyclic) bond motifs is 1. The normalized spacial score (nSPS) is 12.2. The molecule has 1 amide bonds. The van der Waals surface area contributed by atoms with Crippen molar-refractivity contribution < 1.29 is 9.53 Å². The van der Waals surface area contributed by atoms with Gasteiger partial charge in [0, 0.05) is 29.7 Å². The number of carbonyl (C=O) groups excluding carboxylic acids is 1. The Balaban J connectivity index is 0.00000208. The fraction of sp³-hybridized carbons (Fsp3) is 0.278. The molecule has 1 heterocycles. The minimum absolute atomic E-state index is 0. The molecule has 0 fully saturated rings. The molecule has 0 atom stereocenters. The average Bonchev–Trinajstić information content (AvgIpc) is 3.01. The molecule has 0 spiro atoms. The first kappa shape index (κ1) is 18.8. The van der Waals surface area contributed by atoms with Crippen molar-refractivity contribution in [3.8, 4) is 5.75 Å².